The third-order valence-electron chi connectivity index (χ3n) is 3.32. The summed E-state index contributed by atoms with van der Waals surface area (Å²) >= 11 is 3.51. The number of benzene rings is 1. The minimum absolute atomic E-state index is 0. The fraction of sp³-hybridized carbons (Fsp3) is 0.312. The topological polar surface area (TPSA) is 68.0 Å². The van der Waals surface area contributed by atoms with Crippen molar-refractivity contribution >= 4 is 32.8 Å². The van der Waals surface area contributed by atoms with Crippen LogP contribution in [-0.2, 0) is 11.2 Å². The van der Waals surface area contributed by atoms with E-state index in [9.17, 15) is 9.90 Å². The molecule has 0 saturated carbocycles. The van der Waals surface area contributed by atoms with E-state index in [1.54, 1.807) is 0 Å². The Balaban J connectivity index is 0.00000242. The molecule has 2 aromatic rings. The van der Waals surface area contributed by atoms with E-state index in [4.69, 9.17) is 0 Å². The molecule has 1 atom stereocenters. The predicted octanol–water partition coefficient (Wildman–Crippen LogP) is -0.849. The second-order valence-electron chi connectivity index (χ2n) is 5.24. The molecule has 0 fully saturated rings. The molecule has 0 radical (unpaired) electrons. The van der Waals surface area contributed by atoms with Crippen molar-refractivity contribution in [2.75, 3.05) is 6.54 Å². The number of nitrogens with one attached hydrogen (secondary N) is 2. The Bertz CT molecular complexity index is 678. The number of aliphatic carboxylic acids is 1. The van der Waals surface area contributed by atoms with Crippen LogP contribution >= 0.6 is 15.9 Å². The quantitative estimate of drug-likeness (QED) is 0.512. The molecule has 6 heteroatoms. The summed E-state index contributed by atoms with van der Waals surface area (Å²) < 4.78 is 0.956. The molecule has 112 valence electrons. The number of carboxylic acids is 1. The summed E-state index contributed by atoms with van der Waals surface area (Å²) in [6, 6.07) is 5.14. The fourth-order valence-electron chi connectivity index (χ4n) is 2.23. The number of halogens is 1. The number of carbonyl (C=O) groups is 1. The van der Waals surface area contributed by atoms with Crippen molar-refractivity contribution in [2.24, 2.45) is 0 Å². The number of rotatable bonds is 6. The monoisotopic (exact) mass is 372 g/mol. The smallest absolute Gasteiger partial charge is 0.548 e. The largest absolute Gasteiger partial charge is 1.00 e. The van der Waals surface area contributed by atoms with Crippen molar-refractivity contribution < 1.29 is 39.5 Å². The zero-order valence-electron chi connectivity index (χ0n) is 13.1. The van der Waals surface area contributed by atoms with Crippen LogP contribution in [0.2, 0.25) is 0 Å². The van der Waals surface area contributed by atoms with Gasteiger partial charge in [-0.15, -0.1) is 0 Å². The van der Waals surface area contributed by atoms with Crippen molar-refractivity contribution in [3.63, 3.8) is 0 Å². The number of H-pyrrole nitrogens is 1. The van der Waals surface area contributed by atoms with Gasteiger partial charge < -0.3 is 20.2 Å². The van der Waals surface area contributed by atoms with E-state index < -0.39 is 12.0 Å². The number of hydrogen-bond acceptors (Lipinski definition) is 3. The van der Waals surface area contributed by atoms with Gasteiger partial charge in [-0.1, -0.05) is 33.6 Å². The van der Waals surface area contributed by atoms with Crippen LogP contribution in [0.25, 0.3) is 10.9 Å². The average molecular weight is 373 g/mol. The summed E-state index contributed by atoms with van der Waals surface area (Å²) in [6.45, 7) is 4.48. The Morgan fingerprint density at radius 3 is 2.82 bits per heavy atom. The van der Waals surface area contributed by atoms with E-state index in [-0.39, 0.29) is 29.6 Å². The summed E-state index contributed by atoms with van der Waals surface area (Å²) in [5.74, 6) is -1.08. The van der Waals surface area contributed by atoms with E-state index in [2.05, 4.69) is 26.2 Å². The number of fused-ring (bicyclic) bond motifs is 1. The average Bonchev–Trinajstić information content (AvgIpc) is 2.81. The first kappa shape index (κ1) is 19.5. The number of aromatic amines is 1. The van der Waals surface area contributed by atoms with Gasteiger partial charge in [-0.3, -0.25) is 0 Å². The minimum Gasteiger partial charge on any atom is -0.548 e. The Hall–Kier alpha value is -0.590. The molecule has 1 aromatic heterocycles. The molecule has 0 bridgehead atoms. The zero-order valence-corrected chi connectivity index (χ0v) is 16.7. The SMILES string of the molecule is CC(C)=CCNC(Cc1c[nH]c2cccc(Br)c12)C(=O)[O-].[Na+]. The van der Waals surface area contributed by atoms with Crippen molar-refractivity contribution in [3.05, 3.63) is 46.1 Å². The summed E-state index contributed by atoms with van der Waals surface area (Å²) in [7, 11) is 0. The van der Waals surface area contributed by atoms with Crippen LogP contribution in [0.3, 0.4) is 0 Å². The molecule has 0 amide bonds. The molecule has 0 aliphatic carbocycles. The van der Waals surface area contributed by atoms with E-state index in [0.717, 1.165) is 26.5 Å². The van der Waals surface area contributed by atoms with Gasteiger partial charge in [-0.25, -0.2) is 0 Å². The van der Waals surface area contributed by atoms with Gasteiger partial charge in [0.1, 0.15) is 0 Å². The first-order valence-corrected chi connectivity index (χ1v) is 7.60. The van der Waals surface area contributed by atoms with Gasteiger partial charge in [0.25, 0.3) is 0 Å². The van der Waals surface area contributed by atoms with Gasteiger partial charge >= 0.3 is 29.6 Å². The van der Waals surface area contributed by atoms with Crippen molar-refractivity contribution in [2.45, 2.75) is 26.3 Å². The number of aromatic nitrogens is 1. The normalized spacial score (nSPS) is 11.8. The number of carbonyl (C=O) groups excluding carboxylic acids is 1. The Morgan fingerprint density at radius 1 is 1.45 bits per heavy atom. The predicted molar refractivity (Wildman–Crippen MR) is 85.9 cm³/mol. The van der Waals surface area contributed by atoms with E-state index in [1.165, 1.54) is 0 Å². The van der Waals surface area contributed by atoms with Gasteiger partial charge in [0.05, 0.1) is 12.0 Å². The third-order valence-corrected chi connectivity index (χ3v) is 3.98. The van der Waals surface area contributed by atoms with Crippen LogP contribution in [-0.4, -0.2) is 23.5 Å². The van der Waals surface area contributed by atoms with Crippen LogP contribution in [0.4, 0.5) is 0 Å². The van der Waals surface area contributed by atoms with Gasteiger partial charge in [0, 0.05) is 28.1 Å². The minimum atomic E-state index is -1.08. The molecule has 0 aliphatic heterocycles. The molecule has 22 heavy (non-hydrogen) atoms. The molecule has 2 rings (SSSR count). The molecule has 0 aliphatic rings. The van der Waals surface area contributed by atoms with Crippen LogP contribution in [0.1, 0.15) is 19.4 Å². The summed E-state index contributed by atoms with van der Waals surface area (Å²) in [5.41, 5.74) is 3.09. The van der Waals surface area contributed by atoms with Gasteiger partial charge in [0.2, 0.25) is 0 Å². The van der Waals surface area contributed by atoms with E-state index >= 15 is 0 Å². The first-order chi connectivity index (χ1) is 9.99. The standard InChI is InChI=1S/C16H19BrN2O2.Na/c1-10(2)6-7-18-14(16(20)21)8-11-9-19-13-5-3-4-12(17)15(11)13;/h3-6,9,14,18-19H,7-8H2,1-2H3,(H,20,21);/q;+1/p-1. The van der Waals surface area contributed by atoms with Gasteiger partial charge in [0.15, 0.2) is 0 Å². The second kappa shape index (κ2) is 8.89. The molecule has 1 heterocycles. The number of hydrogen-bond donors (Lipinski definition) is 2. The Labute approximate surface area is 160 Å². The number of allylic oxidation sites excluding steroid dienone is 1. The molecule has 2 N–H and O–H groups in total. The van der Waals surface area contributed by atoms with Crippen LogP contribution in [0.15, 0.2) is 40.5 Å². The molecule has 0 spiro atoms. The summed E-state index contributed by atoms with van der Waals surface area (Å²) in [5, 5.41) is 15.3. The van der Waals surface area contributed by atoms with Crippen molar-refractivity contribution in [1.82, 2.24) is 10.3 Å². The second-order valence-corrected chi connectivity index (χ2v) is 6.10. The number of carboxylic acid groups (broad SMARTS) is 1. The molecule has 4 nitrogen and oxygen atoms in total. The van der Waals surface area contributed by atoms with Crippen LogP contribution in [0, 0.1) is 0 Å². The Morgan fingerprint density at radius 2 is 2.18 bits per heavy atom. The summed E-state index contributed by atoms with van der Waals surface area (Å²) in [4.78, 5) is 14.5. The maximum absolute atomic E-state index is 11.3. The molecule has 1 aromatic carbocycles. The Kier molecular flexibility index (Phi) is 7.86. The fourth-order valence-corrected chi connectivity index (χ4v) is 2.85. The molecule has 1 unspecified atom stereocenters. The third kappa shape index (κ3) is 4.96. The first-order valence-electron chi connectivity index (χ1n) is 6.81. The van der Waals surface area contributed by atoms with Gasteiger partial charge in [-0.05, 0) is 38.0 Å². The maximum atomic E-state index is 11.3. The molecular weight excluding hydrogens is 355 g/mol. The van der Waals surface area contributed by atoms with Crippen molar-refractivity contribution in [3.8, 4) is 0 Å². The molecular formula is C16H18BrN2NaO2. The van der Waals surface area contributed by atoms with Crippen molar-refractivity contribution in [1.29, 1.82) is 0 Å². The zero-order chi connectivity index (χ0) is 15.4. The maximum Gasteiger partial charge on any atom is 1.00 e. The van der Waals surface area contributed by atoms with Crippen LogP contribution in [0.5, 0.6) is 0 Å². The van der Waals surface area contributed by atoms with Gasteiger partial charge in [-0.2, -0.15) is 0 Å². The van der Waals surface area contributed by atoms with Crippen LogP contribution < -0.4 is 40.0 Å². The van der Waals surface area contributed by atoms with E-state index in [0.29, 0.717) is 13.0 Å². The van der Waals surface area contributed by atoms with E-state index in [1.807, 2.05) is 44.3 Å². The summed E-state index contributed by atoms with van der Waals surface area (Å²) in [6.07, 6.45) is 4.19. The molecule has 0 saturated heterocycles.